The van der Waals surface area contributed by atoms with E-state index in [1.54, 1.807) is 11.3 Å². The Morgan fingerprint density at radius 3 is 2.86 bits per heavy atom. The maximum Gasteiger partial charge on any atom is 0.0539 e. The summed E-state index contributed by atoms with van der Waals surface area (Å²) in [6, 6.07) is 4.51. The second-order valence-corrected chi connectivity index (χ2v) is 4.54. The van der Waals surface area contributed by atoms with Crippen LogP contribution in [0.25, 0.3) is 0 Å². The van der Waals surface area contributed by atoms with Crippen LogP contribution in [0.1, 0.15) is 10.9 Å². The summed E-state index contributed by atoms with van der Waals surface area (Å²) < 4.78 is 0. The fourth-order valence-electron chi connectivity index (χ4n) is 1.25. The van der Waals surface area contributed by atoms with E-state index in [1.165, 1.54) is 4.88 Å². The number of hydrogen-bond donors (Lipinski definition) is 2. The predicted octanol–water partition coefficient (Wildman–Crippen LogP) is 0.899. The lowest BCUT2D eigenvalue weighted by molar-refractivity contribution is 0.386. The Morgan fingerprint density at radius 2 is 2.36 bits per heavy atom. The Labute approximate surface area is 89.9 Å². The van der Waals surface area contributed by atoms with Crippen molar-refractivity contribution in [3.05, 3.63) is 22.4 Å². The first-order chi connectivity index (χ1) is 6.74. The van der Waals surface area contributed by atoms with Gasteiger partial charge in [0.25, 0.3) is 0 Å². The quantitative estimate of drug-likeness (QED) is 0.738. The fourth-order valence-corrected chi connectivity index (χ4v) is 2.07. The molecule has 0 saturated heterocycles. The Bertz CT molecular complexity index is 234. The number of thiophene rings is 1. The van der Waals surface area contributed by atoms with Gasteiger partial charge in [-0.05, 0) is 25.5 Å². The van der Waals surface area contributed by atoms with Crippen molar-refractivity contribution >= 4 is 11.3 Å². The first-order valence-electron chi connectivity index (χ1n) is 4.85. The average molecular weight is 213 g/mol. The van der Waals surface area contributed by atoms with E-state index in [4.69, 9.17) is 5.73 Å². The zero-order valence-corrected chi connectivity index (χ0v) is 9.68. The molecule has 4 heteroatoms. The number of hydrogen-bond acceptors (Lipinski definition) is 4. The Kier molecular flexibility index (Phi) is 5.11. The molecule has 0 aliphatic rings. The molecule has 3 nitrogen and oxygen atoms in total. The molecule has 0 aliphatic carbocycles. The fraction of sp³-hybridized carbons (Fsp3) is 0.600. The molecule has 80 valence electrons. The summed E-state index contributed by atoms with van der Waals surface area (Å²) in [5.41, 5.74) is 5.71. The molecule has 0 bridgehead atoms. The first kappa shape index (κ1) is 11.7. The van der Waals surface area contributed by atoms with Crippen LogP contribution in [0.15, 0.2) is 17.5 Å². The smallest absolute Gasteiger partial charge is 0.0539 e. The van der Waals surface area contributed by atoms with Gasteiger partial charge in [-0.3, -0.25) is 0 Å². The highest BCUT2D eigenvalue weighted by atomic mass is 32.1. The third-order valence-corrected chi connectivity index (χ3v) is 3.06. The predicted molar refractivity (Wildman–Crippen MR) is 62.7 cm³/mol. The van der Waals surface area contributed by atoms with Gasteiger partial charge in [-0.2, -0.15) is 0 Å². The number of likely N-dealkylation sites (N-methyl/N-ethyl adjacent to an activating group) is 1. The summed E-state index contributed by atoms with van der Waals surface area (Å²) in [4.78, 5) is 3.49. The minimum atomic E-state index is 0.315. The van der Waals surface area contributed by atoms with E-state index < -0.39 is 0 Å². The molecule has 1 heterocycles. The second-order valence-electron chi connectivity index (χ2n) is 3.56. The third kappa shape index (κ3) is 3.75. The van der Waals surface area contributed by atoms with E-state index in [9.17, 15) is 0 Å². The summed E-state index contributed by atoms with van der Waals surface area (Å²) in [5, 5.41) is 5.54. The molecule has 1 aromatic rings. The molecule has 0 radical (unpaired) electrons. The number of rotatable bonds is 6. The summed E-state index contributed by atoms with van der Waals surface area (Å²) in [6.07, 6.45) is 0. The monoisotopic (exact) mass is 213 g/mol. The molecule has 14 heavy (non-hydrogen) atoms. The SMILES string of the molecule is CN(C)CCNC(CN)c1cccs1. The number of nitrogens with zero attached hydrogens (tertiary/aromatic N) is 1. The van der Waals surface area contributed by atoms with E-state index in [-0.39, 0.29) is 0 Å². The van der Waals surface area contributed by atoms with Crippen molar-refractivity contribution in [2.45, 2.75) is 6.04 Å². The Hall–Kier alpha value is -0.420. The van der Waals surface area contributed by atoms with Gasteiger partial charge < -0.3 is 16.0 Å². The van der Waals surface area contributed by atoms with Crippen LogP contribution in [-0.4, -0.2) is 38.6 Å². The van der Waals surface area contributed by atoms with Crippen molar-refractivity contribution in [3.63, 3.8) is 0 Å². The van der Waals surface area contributed by atoms with Gasteiger partial charge in [-0.1, -0.05) is 6.07 Å². The minimum absolute atomic E-state index is 0.315. The number of nitrogens with two attached hydrogens (primary N) is 1. The van der Waals surface area contributed by atoms with Gasteiger partial charge in [0.2, 0.25) is 0 Å². The van der Waals surface area contributed by atoms with E-state index in [1.807, 2.05) is 0 Å². The van der Waals surface area contributed by atoms with Gasteiger partial charge in [-0.15, -0.1) is 11.3 Å². The van der Waals surface area contributed by atoms with Crippen LogP contribution < -0.4 is 11.1 Å². The molecule has 0 fully saturated rings. The Balaban J connectivity index is 2.33. The van der Waals surface area contributed by atoms with Gasteiger partial charge in [0.15, 0.2) is 0 Å². The molecule has 0 aliphatic heterocycles. The van der Waals surface area contributed by atoms with E-state index in [0.717, 1.165) is 13.1 Å². The van der Waals surface area contributed by atoms with Gasteiger partial charge in [0, 0.05) is 24.5 Å². The van der Waals surface area contributed by atoms with Crippen LogP contribution in [0.5, 0.6) is 0 Å². The highest BCUT2D eigenvalue weighted by Gasteiger charge is 2.08. The summed E-state index contributed by atoms with van der Waals surface area (Å²) in [5.74, 6) is 0. The standard InChI is InChI=1S/C10H19N3S/c1-13(2)6-5-12-9(8-11)10-4-3-7-14-10/h3-4,7,9,12H,5-6,8,11H2,1-2H3. The van der Waals surface area contributed by atoms with Crippen molar-refractivity contribution in [2.75, 3.05) is 33.7 Å². The average Bonchev–Trinajstić information content (AvgIpc) is 2.64. The van der Waals surface area contributed by atoms with Crippen LogP contribution in [0.2, 0.25) is 0 Å². The zero-order chi connectivity index (χ0) is 10.4. The summed E-state index contributed by atoms with van der Waals surface area (Å²) in [7, 11) is 4.15. The van der Waals surface area contributed by atoms with Gasteiger partial charge in [-0.25, -0.2) is 0 Å². The molecule has 0 amide bonds. The van der Waals surface area contributed by atoms with Crippen molar-refractivity contribution in [2.24, 2.45) is 5.73 Å². The molecule has 1 unspecified atom stereocenters. The topological polar surface area (TPSA) is 41.3 Å². The highest BCUT2D eigenvalue weighted by Crippen LogP contribution is 2.17. The molecule has 0 spiro atoms. The van der Waals surface area contributed by atoms with Gasteiger partial charge >= 0.3 is 0 Å². The highest BCUT2D eigenvalue weighted by molar-refractivity contribution is 7.10. The third-order valence-electron chi connectivity index (χ3n) is 2.07. The molecular formula is C10H19N3S. The lowest BCUT2D eigenvalue weighted by Gasteiger charge is -2.17. The molecule has 1 atom stereocenters. The van der Waals surface area contributed by atoms with Crippen LogP contribution >= 0.6 is 11.3 Å². The zero-order valence-electron chi connectivity index (χ0n) is 8.86. The van der Waals surface area contributed by atoms with E-state index in [2.05, 4.69) is 41.8 Å². The van der Waals surface area contributed by atoms with Gasteiger partial charge in [0.05, 0.1) is 6.04 Å². The molecule has 0 saturated carbocycles. The first-order valence-corrected chi connectivity index (χ1v) is 5.73. The summed E-state index contributed by atoms with van der Waals surface area (Å²) >= 11 is 1.76. The maximum atomic E-state index is 5.71. The van der Waals surface area contributed by atoms with Crippen LogP contribution in [0, 0.1) is 0 Å². The van der Waals surface area contributed by atoms with Gasteiger partial charge in [0.1, 0.15) is 0 Å². The largest absolute Gasteiger partial charge is 0.329 e. The van der Waals surface area contributed by atoms with Crippen LogP contribution in [0.4, 0.5) is 0 Å². The maximum absolute atomic E-state index is 5.71. The van der Waals surface area contributed by atoms with Crippen molar-refractivity contribution in [1.82, 2.24) is 10.2 Å². The molecule has 0 aromatic carbocycles. The van der Waals surface area contributed by atoms with Crippen LogP contribution in [0.3, 0.4) is 0 Å². The molecule has 1 aromatic heterocycles. The van der Waals surface area contributed by atoms with Crippen molar-refractivity contribution in [3.8, 4) is 0 Å². The van der Waals surface area contributed by atoms with E-state index >= 15 is 0 Å². The van der Waals surface area contributed by atoms with Crippen molar-refractivity contribution < 1.29 is 0 Å². The lowest BCUT2D eigenvalue weighted by atomic mass is 10.2. The van der Waals surface area contributed by atoms with Crippen molar-refractivity contribution in [1.29, 1.82) is 0 Å². The molecule has 3 N–H and O–H groups in total. The Morgan fingerprint density at radius 1 is 1.57 bits per heavy atom. The number of nitrogens with one attached hydrogen (secondary N) is 1. The molecule has 1 rings (SSSR count). The second kappa shape index (κ2) is 6.14. The van der Waals surface area contributed by atoms with E-state index in [0.29, 0.717) is 12.6 Å². The minimum Gasteiger partial charge on any atom is -0.329 e. The lowest BCUT2D eigenvalue weighted by Crippen LogP contribution is -2.33. The molecular weight excluding hydrogens is 194 g/mol. The van der Waals surface area contributed by atoms with Crippen LogP contribution in [-0.2, 0) is 0 Å². The normalized spacial score (nSPS) is 13.4. The summed E-state index contributed by atoms with van der Waals surface area (Å²) in [6.45, 7) is 2.68.